The first-order chi connectivity index (χ1) is 21.2. The van der Waals surface area contributed by atoms with Crippen molar-refractivity contribution >= 4 is 16.7 Å². The van der Waals surface area contributed by atoms with E-state index >= 15 is 0 Å². The molecule has 0 fully saturated rings. The van der Waals surface area contributed by atoms with Crippen molar-refractivity contribution in [1.82, 2.24) is 19.4 Å². The van der Waals surface area contributed by atoms with Crippen LogP contribution in [0.25, 0.3) is 22.0 Å². The van der Waals surface area contributed by atoms with Crippen LogP contribution in [-0.2, 0) is 13.0 Å². The van der Waals surface area contributed by atoms with Gasteiger partial charge in [-0.1, -0.05) is 0 Å². The summed E-state index contributed by atoms with van der Waals surface area (Å²) < 4.78 is 46.7. The maximum atomic E-state index is 14.7. The predicted octanol–water partition coefficient (Wildman–Crippen LogP) is 5.53. The zero-order valence-electron chi connectivity index (χ0n) is 24.6. The standard InChI is InChI=1S/C33H30F2N4O5/c1-38(2)11-12-39-18-25(23-8-5-20(34)13-27(23)35)33(41)26(19-39)29(40)14-21-6-7-22(17-37-21)44-30-9-10-36-28-16-32(43-4)31(42-3)15-24(28)30/h5-10,13,15-19H,11-12,14H2,1-4H3. The lowest BCUT2D eigenvalue weighted by Crippen LogP contribution is -2.24. The second-order valence-electron chi connectivity index (χ2n) is 10.3. The van der Waals surface area contributed by atoms with Crippen molar-refractivity contribution in [2.75, 3.05) is 34.9 Å². The molecular weight excluding hydrogens is 570 g/mol. The Hall–Kier alpha value is -5.16. The number of benzene rings is 2. The predicted molar refractivity (Wildman–Crippen MR) is 162 cm³/mol. The van der Waals surface area contributed by atoms with Crippen LogP contribution in [0.4, 0.5) is 8.78 Å². The molecule has 9 nitrogen and oxygen atoms in total. The molecule has 0 unspecified atom stereocenters. The average Bonchev–Trinajstić information content (AvgIpc) is 3.01. The molecule has 3 heterocycles. The van der Waals surface area contributed by atoms with Gasteiger partial charge in [-0.05, 0) is 50.5 Å². The number of rotatable bonds is 11. The summed E-state index contributed by atoms with van der Waals surface area (Å²) in [6.07, 6.45) is 5.87. The van der Waals surface area contributed by atoms with Crippen molar-refractivity contribution < 1.29 is 27.8 Å². The summed E-state index contributed by atoms with van der Waals surface area (Å²) in [6, 6.07) is 11.5. The first-order valence-electron chi connectivity index (χ1n) is 13.7. The van der Waals surface area contributed by atoms with Crippen LogP contribution >= 0.6 is 0 Å². The van der Waals surface area contributed by atoms with Gasteiger partial charge in [0.2, 0.25) is 0 Å². The van der Waals surface area contributed by atoms with Crippen LogP contribution in [0.1, 0.15) is 16.1 Å². The molecule has 0 saturated carbocycles. The zero-order valence-corrected chi connectivity index (χ0v) is 24.6. The molecule has 11 heteroatoms. The Labute approximate surface area is 252 Å². The Balaban J connectivity index is 1.40. The number of pyridine rings is 3. The molecule has 0 radical (unpaired) electrons. The Morgan fingerprint density at radius 1 is 0.909 bits per heavy atom. The summed E-state index contributed by atoms with van der Waals surface area (Å²) >= 11 is 0. The van der Waals surface area contributed by atoms with Crippen LogP contribution in [0, 0.1) is 11.6 Å². The third-order valence-corrected chi connectivity index (χ3v) is 6.98. The number of fused-ring (bicyclic) bond motifs is 1. The van der Waals surface area contributed by atoms with Gasteiger partial charge in [0.05, 0.1) is 37.9 Å². The maximum Gasteiger partial charge on any atom is 0.200 e. The molecule has 0 bridgehead atoms. The van der Waals surface area contributed by atoms with E-state index in [1.165, 1.54) is 24.7 Å². The number of ether oxygens (including phenoxy) is 3. The van der Waals surface area contributed by atoms with Gasteiger partial charge in [0.1, 0.15) is 23.1 Å². The number of likely N-dealkylation sites (N-methyl/N-ethyl adjacent to an activating group) is 1. The zero-order chi connectivity index (χ0) is 31.4. The van der Waals surface area contributed by atoms with Crippen LogP contribution in [0.5, 0.6) is 23.0 Å². The van der Waals surface area contributed by atoms with E-state index in [0.717, 1.165) is 6.07 Å². The molecule has 0 aliphatic rings. The first-order valence-corrected chi connectivity index (χ1v) is 13.7. The fourth-order valence-electron chi connectivity index (χ4n) is 4.67. The number of hydrogen-bond donors (Lipinski definition) is 0. The van der Waals surface area contributed by atoms with Gasteiger partial charge in [-0.3, -0.25) is 19.6 Å². The van der Waals surface area contributed by atoms with Crippen LogP contribution in [0.3, 0.4) is 0 Å². The highest BCUT2D eigenvalue weighted by Gasteiger charge is 2.20. The quantitative estimate of drug-likeness (QED) is 0.183. The Morgan fingerprint density at radius 3 is 2.36 bits per heavy atom. The number of halogens is 2. The van der Waals surface area contributed by atoms with Crippen molar-refractivity contribution in [3.05, 3.63) is 106 Å². The highest BCUT2D eigenvalue weighted by molar-refractivity contribution is 5.98. The molecule has 0 aliphatic heterocycles. The normalized spacial score (nSPS) is 11.2. The molecular formula is C33H30F2N4O5. The fourth-order valence-corrected chi connectivity index (χ4v) is 4.67. The number of aromatic nitrogens is 3. The Kier molecular flexibility index (Phi) is 8.96. The Morgan fingerprint density at radius 2 is 1.68 bits per heavy atom. The van der Waals surface area contributed by atoms with E-state index in [-0.39, 0.29) is 23.1 Å². The minimum Gasteiger partial charge on any atom is -0.493 e. The topological polar surface area (TPSA) is 95.8 Å². The number of Topliss-reactive ketones (excluding diaryl/α,β-unsaturated/α-hetero) is 1. The summed E-state index contributed by atoms with van der Waals surface area (Å²) in [7, 11) is 6.87. The number of nitrogens with zero attached hydrogens (tertiary/aromatic N) is 4. The summed E-state index contributed by atoms with van der Waals surface area (Å²) in [4.78, 5) is 37.5. The second-order valence-corrected chi connectivity index (χ2v) is 10.3. The van der Waals surface area contributed by atoms with Gasteiger partial charge in [0.25, 0.3) is 0 Å². The van der Waals surface area contributed by atoms with Crippen molar-refractivity contribution in [2.45, 2.75) is 13.0 Å². The van der Waals surface area contributed by atoms with Crippen LogP contribution in [0.15, 0.2) is 78.1 Å². The largest absolute Gasteiger partial charge is 0.493 e. The van der Waals surface area contributed by atoms with Gasteiger partial charge in [-0.15, -0.1) is 0 Å². The van der Waals surface area contributed by atoms with E-state index < -0.39 is 22.8 Å². The van der Waals surface area contributed by atoms with E-state index in [0.29, 0.717) is 58.8 Å². The van der Waals surface area contributed by atoms with Crippen molar-refractivity contribution in [2.24, 2.45) is 0 Å². The molecule has 226 valence electrons. The van der Waals surface area contributed by atoms with E-state index in [1.807, 2.05) is 19.0 Å². The number of carbonyl (C=O) groups excluding carboxylic acids is 1. The molecule has 0 atom stereocenters. The van der Waals surface area contributed by atoms with Gasteiger partial charge >= 0.3 is 0 Å². The monoisotopic (exact) mass is 600 g/mol. The van der Waals surface area contributed by atoms with Gasteiger partial charge in [0.15, 0.2) is 22.7 Å². The average molecular weight is 601 g/mol. The third-order valence-electron chi connectivity index (χ3n) is 6.98. The van der Waals surface area contributed by atoms with Crippen molar-refractivity contribution in [3.63, 3.8) is 0 Å². The minimum atomic E-state index is -0.886. The van der Waals surface area contributed by atoms with Crippen LogP contribution in [0.2, 0.25) is 0 Å². The molecule has 3 aromatic heterocycles. The van der Waals surface area contributed by atoms with Gasteiger partial charge in [-0.25, -0.2) is 8.78 Å². The van der Waals surface area contributed by atoms with Crippen molar-refractivity contribution in [1.29, 1.82) is 0 Å². The lowest BCUT2D eigenvalue weighted by molar-refractivity contribution is 0.0990. The number of methoxy groups -OCH3 is 2. The fraction of sp³-hybridized carbons (Fsp3) is 0.212. The summed E-state index contributed by atoms with van der Waals surface area (Å²) in [6.45, 7) is 1.05. The van der Waals surface area contributed by atoms with E-state index in [9.17, 15) is 18.4 Å². The smallest absolute Gasteiger partial charge is 0.200 e. The lowest BCUT2D eigenvalue weighted by Gasteiger charge is -2.15. The van der Waals surface area contributed by atoms with Gasteiger partial charge < -0.3 is 23.7 Å². The molecule has 0 aliphatic carbocycles. The summed E-state index contributed by atoms with van der Waals surface area (Å²) in [5, 5.41) is 0.701. The number of ketones is 1. The SMILES string of the molecule is COc1cc2nccc(Oc3ccc(CC(=O)c4cn(CCN(C)C)cc(-c5ccc(F)cc5F)c4=O)nc3)c2cc1OC. The molecule has 44 heavy (non-hydrogen) atoms. The number of hydrogen-bond acceptors (Lipinski definition) is 8. The van der Waals surface area contributed by atoms with Crippen molar-refractivity contribution in [3.8, 4) is 34.1 Å². The third kappa shape index (κ3) is 6.57. The molecule has 0 N–H and O–H groups in total. The molecule has 5 rings (SSSR count). The van der Waals surface area contributed by atoms with E-state index in [4.69, 9.17) is 14.2 Å². The number of carbonyl (C=O) groups is 1. The van der Waals surface area contributed by atoms with E-state index in [1.54, 1.807) is 55.3 Å². The highest BCUT2D eigenvalue weighted by atomic mass is 19.1. The van der Waals surface area contributed by atoms with E-state index in [2.05, 4.69) is 9.97 Å². The molecule has 5 aromatic rings. The van der Waals surface area contributed by atoms with Crippen LogP contribution < -0.4 is 19.6 Å². The van der Waals surface area contributed by atoms with Gasteiger partial charge in [-0.2, -0.15) is 0 Å². The second kappa shape index (κ2) is 13.0. The lowest BCUT2D eigenvalue weighted by atomic mass is 10.0. The summed E-state index contributed by atoms with van der Waals surface area (Å²) in [5.41, 5.74) is 0.199. The first kappa shape index (κ1) is 30.3. The van der Waals surface area contributed by atoms with Gasteiger partial charge in [0, 0.05) is 66.0 Å². The van der Waals surface area contributed by atoms with Crippen LogP contribution in [-0.4, -0.2) is 60.1 Å². The summed E-state index contributed by atoms with van der Waals surface area (Å²) in [5.74, 6) is -0.132. The molecule has 0 saturated heterocycles. The Bertz CT molecular complexity index is 1890. The maximum absolute atomic E-state index is 14.7. The molecule has 0 amide bonds. The molecule has 2 aromatic carbocycles. The molecule has 0 spiro atoms. The highest BCUT2D eigenvalue weighted by Crippen LogP contribution is 2.36. The minimum absolute atomic E-state index is 0.0253.